The topological polar surface area (TPSA) is 29.9 Å². The fraction of sp³-hybridized carbons (Fsp3) is 0.700. The Labute approximate surface area is 80.1 Å². The third-order valence-electron chi connectivity index (χ3n) is 2.44. The molecular weight excluding hydrogens is 162 g/mol. The standard InChI is InChI=1S/C10H19N3/c1-4-10(11-2)6-5-9-7-12-13(3)8-9/h7-8,10-11H,4-6H2,1-3H3. The molecule has 0 aliphatic heterocycles. The Kier molecular flexibility index (Phi) is 3.96. The van der Waals surface area contributed by atoms with Crippen molar-refractivity contribution >= 4 is 0 Å². The lowest BCUT2D eigenvalue weighted by molar-refractivity contribution is 0.509. The molecule has 13 heavy (non-hydrogen) atoms. The van der Waals surface area contributed by atoms with Gasteiger partial charge in [0.25, 0.3) is 0 Å². The molecule has 0 aromatic carbocycles. The molecule has 0 amide bonds. The Bertz CT molecular complexity index is 238. The normalized spacial score (nSPS) is 13.2. The summed E-state index contributed by atoms with van der Waals surface area (Å²) in [5.41, 5.74) is 1.33. The van der Waals surface area contributed by atoms with Crippen LogP contribution >= 0.6 is 0 Å². The van der Waals surface area contributed by atoms with Gasteiger partial charge in [0.05, 0.1) is 6.20 Å². The van der Waals surface area contributed by atoms with Crippen molar-refractivity contribution in [3.05, 3.63) is 18.0 Å². The van der Waals surface area contributed by atoms with Crippen LogP contribution in [-0.2, 0) is 13.5 Å². The number of hydrogen-bond acceptors (Lipinski definition) is 2. The Morgan fingerprint density at radius 1 is 1.62 bits per heavy atom. The van der Waals surface area contributed by atoms with Crippen molar-refractivity contribution in [1.82, 2.24) is 15.1 Å². The lowest BCUT2D eigenvalue weighted by Gasteiger charge is -2.12. The Hall–Kier alpha value is -0.830. The average Bonchev–Trinajstić information content (AvgIpc) is 2.53. The molecule has 0 fully saturated rings. The molecule has 1 rings (SSSR count). The van der Waals surface area contributed by atoms with Crippen molar-refractivity contribution in [2.75, 3.05) is 7.05 Å². The van der Waals surface area contributed by atoms with E-state index in [1.54, 1.807) is 0 Å². The average molecular weight is 181 g/mol. The SMILES string of the molecule is CCC(CCc1cnn(C)c1)NC. The second-order valence-electron chi connectivity index (χ2n) is 3.45. The van der Waals surface area contributed by atoms with E-state index in [4.69, 9.17) is 0 Å². The minimum atomic E-state index is 0.639. The van der Waals surface area contributed by atoms with Crippen molar-refractivity contribution in [2.45, 2.75) is 32.2 Å². The van der Waals surface area contributed by atoms with E-state index in [2.05, 4.69) is 23.5 Å². The van der Waals surface area contributed by atoms with E-state index >= 15 is 0 Å². The molecule has 0 radical (unpaired) electrons. The summed E-state index contributed by atoms with van der Waals surface area (Å²) in [6, 6.07) is 0.639. The molecule has 1 heterocycles. The zero-order chi connectivity index (χ0) is 9.68. The molecule has 3 heteroatoms. The third kappa shape index (κ3) is 3.19. The lowest BCUT2D eigenvalue weighted by Crippen LogP contribution is -2.24. The van der Waals surface area contributed by atoms with Gasteiger partial charge in [-0.05, 0) is 31.9 Å². The first-order chi connectivity index (χ1) is 6.26. The first kappa shape index (κ1) is 10.3. The van der Waals surface area contributed by atoms with Crippen molar-refractivity contribution in [1.29, 1.82) is 0 Å². The predicted octanol–water partition coefficient (Wildman–Crippen LogP) is 1.35. The number of rotatable bonds is 5. The van der Waals surface area contributed by atoms with Crippen LogP contribution < -0.4 is 5.32 Å². The van der Waals surface area contributed by atoms with E-state index in [0.29, 0.717) is 6.04 Å². The monoisotopic (exact) mass is 181 g/mol. The second-order valence-corrected chi connectivity index (χ2v) is 3.45. The van der Waals surface area contributed by atoms with Crippen molar-refractivity contribution < 1.29 is 0 Å². The maximum Gasteiger partial charge on any atom is 0.0521 e. The van der Waals surface area contributed by atoms with E-state index < -0.39 is 0 Å². The van der Waals surface area contributed by atoms with Gasteiger partial charge in [-0.25, -0.2) is 0 Å². The Balaban J connectivity index is 2.33. The van der Waals surface area contributed by atoms with E-state index in [1.165, 1.54) is 18.4 Å². The van der Waals surface area contributed by atoms with E-state index in [-0.39, 0.29) is 0 Å². The third-order valence-corrected chi connectivity index (χ3v) is 2.44. The molecule has 0 aliphatic rings. The molecule has 1 aromatic heterocycles. The highest BCUT2D eigenvalue weighted by Crippen LogP contribution is 2.05. The molecule has 1 aromatic rings. The summed E-state index contributed by atoms with van der Waals surface area (Å²) in [6.45, 7) is 2.21. The number of aryl methyl sites for hydroxylation is 2. The van der Waals surface area contributed by atoms with Gasteiger partial charge >= 0.3 is 0 Å². The summed E-state index contributed by atoms with van der Waals surface area (Å²) in [5, 5.41) is 7.44. The van der Waals surface area contributed by atoms with E-state index in [0.717, 1.165) is 6.42 Å². The molecule has 1 atom stereocenters. The molecule has 0 bridgehead atoms. The maximum absolute atomic E-state index is 4.14. The van der Waals surface area contributed by atoms with Crippen LogP contribution in [0.3, 0.4) is 0 Å². The summed E-state index contributed by atoms with van der Waals surface area (Å²) in [7, 11) is 3.98. The minimum Gasteiger partial charge on any atom is -0.317 e. The maximum atomic E-state index is 4.14. The molecule has 0 saturated carbocycles. The first-order valence-electron chi connectivity index (χ1n) is 4.91. The van der Waals surface area contributed by atoms with Gasteiger partial charge in [0.15, 0.2) is 0 Å². The molecular formula is C10H19N3. The molecule has 0 spiro atoms. The largest absolute Gasteiger partial charge is 0.317 e. The molecule has 1 N–H and O–H groups in total. The Morgan fingerprint density at radius 2 is 2.38 bits per heavy atom. The summed E-state index contributed by atoms with van der Waals surface area (Å²) >= 11 is 0. The summed E-state index contributed by atoms with van der Waals surface area (Å²) < 4.78 is 1.86. The lowest BCUT2D eigenvalue weighted by atomic mass is 10.1. The summed E-state index contributed by atoms with van der Waals surface area (Å²) in [4.78, 5) is 0. The summed E-state index contributed by atoms with van der Waals surface area (Å²) in [6.07, 6.45) is 7.54. The van der Waals surface area contributed by atoms with Gasteiger partial charge in [-0.3, -0.25) is 4.68 Å². The van der Waals surface area contributed by atoms with Gasteiger partial charge in [0, 0.05) is 19.3 Å². The highest BCUT2D eigenvalue weighted by molar-refractivity contribution is 5.03. The fourth-order valence-electron chi connectivity index (χ4n) is 1.49. The molecule has 3 nitrogen and oxygen atoms in total. The van der Waals surface area contributed by atoms with Crippen LogP contribution in [0.15, 0.2) is 12.4 Å². The van der Waals surface area contributed by atoms with Crippen LogP contribution in [0.25, 0.3) is 0 Å². The van der Waals surface area contributed by atoms with Gasteiger partial charge in [0.1, 0.15) is 0 Å². The number of hydrogen-bond donors (Lipinski definition) is 1. The van der Waals surface area contributed by atoms with Crippen LogP contribution in [0.5, 0.6) is 0 Å². The first-order valence-corrected chi connectivity index (χ1v) is 4.91. The number of nitrogens with one attached hydrogen (secondary N) is 1. The number of aromatic nitrogens is 2. The van der Waals surface area contributed by atoms with Crippen LogP contribution in [0.4, 0.5) is 0 Å². The van der Waals surface area contributed by atoms with Gasteiger partial charge in [0.2, 0.25) is 0 Å². The molecule has 0 aliphatic carbocycles. The van der Waals surface area contributed by atoms with E-state index in [9.17, 15) is 0 Å². The Morgan fingerprint density at radius 3 is 2.85 bits per heavy atom. The van der Waals surface area contributed by atoms with Gasteiger partial charge < -0.3 is 5.32 Å². The van der Waals surface area contributed by atoms with Gasteiger partial charge in [-0.15, -0.1) is 0 Å². The van der Waals surface area contributed by atoms with E-state index in [1.807, 2.05) is 25.0 Å². The van der Waals surface area contributed by atoms with Crippen LogP contribution in [0, 0.1) is 0 Å². The van der Waals surface area contributed by atoms with Gasteiger partial charge in [-0.2, -0.15) is 5.10 Å². The zero-order valence-corrected chi connectivity index (χ0v) is 8.75. The fourth-order valence-corrected chi connectivity index (χ4v) is 1.49. The quantitative estimate of drug-likeness (QED) is 0.743. The summed E-state index contributed by atoms with van der Waals surface area (Å²) in [5.74, 6) is 0. The predicted molar refractivity (Wildman–Crippen MR) is 54.7 cm³/mol. The smallest absolute Gasteiger partial charge is 0.0521 e. The minimum absolute atomic E-state index is 0.639. The van der Waals surface area contributed by atoms with Crippen molar-refractivity contribution in [3.63, 3.8) is 0 Å². The molecule has 1 unspecified atom stereocenters. The van der Waals surface area contributed by atoms with Crippen LogP contribution in [-0.4, -0.2) is 22.9 Å². The molecule has 0 saturated heterocycles. The van der Waals surface area contributed by atoms with Crippen molar-refractivity contribution in [3.8, 4) is 0 Å². The van der Waals surface area contributed by atoms with Gasteiger partial charge in [-0.1, -0.05) is 6.92 Å². The zero-order valence-electron chi connectivity index (χ0n) is 8.75. The highest BCUT2D eigenvalue weighted by atomic mass is 15.2. The second kappa shape index (κ2) is 5.02. The van der Waals surface area contributed by atoms with Crippen LogP contribution in [0.1, 0.15) is 25.3 Å². The van der Waals surface area contributed by atoms with Crippen molar-refractivity contribution in [2.24, 2.45) is 7.05 Å². The number of nitrogens with zero attached hydrogens (tertiary/aromatic N) is 2. The highest BCUT2D eigenvalue weighted by Gasteiger charge is 2.03. The molecule has 74 valence electrons. The van der Waals surface area contributed by atoms with Crippen LogP contribution in [0.2, 0.25) is 0 Å².